The molecular formula is C16H28IN3O2S. The summed E-state index contributed by atoms with van der Waals surface area (Å²) >= 11 is 0. The standard InChI is InChI=1S/C16H27N3O2S.HI/c1-5-13(6-2)11-18-16(17-3)19-12-14-7-9-15(10-8-14)22(4,20)21;/h7-10,13H,5-6,11-12H2,1-4H3,(H2,17,18,19);1H. The van der Waals surface area contributed by atoms with Crippen LogP contribution in [0.4, 0.5) is 0 Å². The summed E-state index contributed by atoms with van der Waals surface area (Å²) in [5.41, 5.74) is 1.01. The number of sulfone groups is 1. The molecule has 0 aliphatic heterocycles. The molecule has 0 spiro atoms. The first-order chi connectivity index (χ1) is 10.4. The summed E-state index contributed by atoms with van der Waals surface area (Å²) in [6, 6.07) is 6.90. The van der Waals surface area contributed by atoms with E-state index in [-0.39, 0.29) is 24.0 Å². The van der Waals surface area contributed by atoms with Crippen molar-refractivity contribution in [1.29, 1.82) is 0 Å². The zero-order valence-electron chi connectivity index (χ0n) is 14.3. The number of guanidine groups is 1. The van der Waals surface area contributed by atoms with Crippen LogP contribution in [-0.4, -0.2) is 34.2 Å². The Morgan fingerprint density at radius 2 is 1.70 bits per heavy atom. The molecule has 1 aromatic rings. The van der Waals surface area contributed by atoms with Gasteiger partial charge in [-0.3, -0.25) is 4.99 Å². The summed E-state index contributed by atoms with van der Waals surface area (Å²) < 4.78 is 22.8. The van der Waals surface area contributed by atoms with E-state index in [2.05, 4.69) is 29.5 Å². The fourth-order valence-electron chi connectivity index (χ4n) is 2.08. The van der Waals surface area contributed by atoms with Crippen LogP contribution in [0.5, 0.6) is 0 Å². The highest BCUT2D eigenvalue weighted by atomic mass is 127. The molecule has 0 saturated carbocycles. The monoisotopic (exact) mass is 453 g/mol. The van der Waals surface area contributed by atoms with Crippen molar-refractivity contribution >= 4 is 39.8 Å². The van der Waals surface area contributed by atoms with E-state index in [0.717, 1.165) is 30.9 Å². The quantitative estimate of drug-likeness (QED) is 0.379. The molecule has 0 bridgehead atoms. The predicted molar refractivity (Wildman–Crippen MR) is 107 cm³/mol. The van der Waals surface area contributed by atoms with E-state index in [9.17, 15) is 8.42 Å². The summed E-state index contributed by atoms with van der Waals surface area (Å²) in [6.45, 7) is 5.89. The van der Waals surface area contributed by atoms with E-state index in [4.69, 9.17) is 0 Å². The summed E-state index contributed by atoms with van der Waals surface area (Å²) in [5.74, 6) is 1.41. The van der Waals surface area contributed by atoms with Crippen molar-refractivity contribution in [3.05, 3.63) is 29.8 Å². The minimum atomic E-state index is -3.14. The second-order valence-corrected chi connectivity index (χ2v) is 7.42. The molecule has 0 atom stereocenters. The highest BCUT2D eigenvalue weighted by Gasteiger charge is 2.07. The van der Waals surface area contributed by atoms with Gasteiger partial charge in [0.25, 0.3) is 0 Å². The average molecular weight is 453 g/mol. The van der Waals surface area contributed by atoms with Crippen LogP contribution in [0, 0.1) is 5.92 Å². The van der Waals surface area contributed by atoms with Gasteiger partial charge >= 0.3 is 0 Å². The lowest BCUT2D eigenvalue weighted by molar-refractivity contribution is 0.481. The fourth-order valence-corrected chi connectivity index (χ4v) is 2.71. The Labute approximate surface area is 157 Å². The number of benzene rings is 1. The van der Waals surface area contributed by atoms with Gasteiger partial charge in [-0.2, -0.15) is 0 Å². The molecule has 5 nitrogen and oxygen atoms in total. The van der Waals surface area contributed by atoms with Gasteiger partial charge in [-0.25, -0.2) is 8.42 Å². The number of halogens is 1. The number of rotatable bonds is 7. The van der Waals surface area contributed by atoms with Gasteiger partial charge in [-0.1, -0.05) is 38.8 Å². The van der Waals surface area contributed by atoms with Crippen LogP contribution < -0.4 is 10.6 Å². The molecule has 1 rings (SSSR count). The molecule has 2 N–H and O–H groups in total. The van der Waals surface area contributed by atoms with Crippen molar-refractivity contribution in [3.63, 3.8) is 0 Å². The second kappa shape index (κ2) is 10.9. The Hall–Kier alpha value is -0.830. The van der Waals surface area contributed by atoms with Gasteiger partial charge < -0.3 is 10.6 Å². The molecule has 132 valence electrons. The van der Waals surface area contributed by atoms with E-state index >= 15 is 0 Å². The van der Waals surface area contributed by atoms with Crippen LogP contribution in [0.15, 0.2) is 34.2 Å². The summed E-state index contributed by atoms with van der Waals surface area (Å²) in [5, 5.41) is 6.56. The van der Waals surface area contributed by atoms with E-state index in [1.807, 2.05) is 12.1 Å². The molecule has 1 aromatic carbocycles. The Bertz CT molecular complexity index is 582. The Kier molecular flexibility index (Phi) is 10.5. The van der Waals surface area contributed by atoms with Crippen LogP contribution in [0.3, 0.4) is 0 Å². The van der Waals surface area contributed by atoms with Crippen LogP contribution in [0.2, 0.25) is 0 Å². The molecule has 7 heteroatoms. The molecule has 0 aromatic heterocycles. The van der Waals surface area contributed by atoms with Crippen molar-refractivity contribution in [2.75, 3.05) is 19.8 Å². The molecule has 0 fully saturated rings. The first kappa shape index (κ1) is 22.2. The SMILES string of the molecule is CCC(CC)CNC(=NC)NCc1ccc(S(C)(=O)=O)cc1.I. The average Bonchev–Trinajstić information content (AvgIpc) is 2.50. The minimum Gasteiger partial charge on any atom is -0.356 e. The number of hydrogen-bond acceptors (Lipinski definition) is 3. The number of nitrogens with zero attached hydrogens (tertiary/aromatic N) is 1. The van der Waals surface area contributed by atoms with Gasteiger partial charge in [0, 0.05) is 26.4 Å². The van der Waals surface area contributed by atoms with Crippen molar-refractivity contribution in [2.45, 2.75) is 38.1 Å². The van der Waals surface area contributed by atoms with Crippen LogP contribution in [0.1, 0.15) is 32.3 Å². The van der Waals surface area contributed by atoms with Gasteiger partial charge in [-0.15, -0.1) is 24.0 Å². The van der Waals surface area contributed by atoms with E-state index in [1.54, 1.807) is 19.2 Å². The molecule has 0 amide bonds. The minimum absolute atomic E-state index is 0. The van der Waals surface area contributed by atoms with E-state index in [0.29, 0.717) is 17.4 Å². The first-order valence-electron chi connectivity index (χ1n) is 7.64. The highest BCUT2D eigenvalue weighted by molar-refractivity contribution is 14.0. The smallest absolute Gasteiger partial charge is 0.191 e. The fraction of sp³-hybridized carbons (Fsp3) is 0.562. The molecule has 0 saturated heterocycles. The zero-order valence-corrected chi connectivity index (χ0v) is 17.4. The molecule has 0 aliphatic carbocycles. The third-order valence-corrected chi connectivity index (χ3v) is 4.88. The predicted octanol–water partition coefficient (Wildman–Crippen LogP) is 2.81. The summed E-state index contributed by atoms with van der Waals surface area (Å²) in [6.07, 6.45) is 3.50. The number of nitrogens with one attached hydrogen (secondary N) is 2. The Morgan fingerprint density at radius 3 is 2.13 bits per heavy atom. The third kappa shape index (κ3) is 8.01. The molecule has 23 heavy (non-hydrogen) atoms. The van der Waals surface area contributed by atoms with Crippen molar-refractivity contribution in [1.82, 2.24) is 10.6 Å². The van der Waals surface area contributed by atoms with Gasteiger partial charge in [0.15, 0.2) is 15.8 Å². The summed E-state index contributed by atoms with van der Waals surface area (Å²) in [4.78, 5) is 4.54. The Balaban J connectivity index is 0.00000484. The number of hydrogen-bond donors (Lipinski definition) is 2. The van der Waals surface area contributed by atoms with Gasteiger partial charge in [-0.05, 0) is 23.6 Å². The van der Waals surface area contributed by atoms with Gasteiger partial charge in [0.2, 0.25) is 0 Å². The molecule has 0 radical (unpaired) electrons. The molecular weight excluding hydrogens is 425 g/mol. The van der Waals surface area contributed by atoms with Crippen molar-refractivity contribution < 1.29 is 8.42 Å². The maximum Gasteiger partial charge on any atom is 0.191 e. The Morgan fingerprint density at radius 1 is 1.13 bits per heavy atom. The summed E-state index contributed by atoms with van der Waals surface area (Å²) in [7, 11) is -1.39. The maximum atomic E-state index is 11.4. The first-order valence-corrected chi connectivity index (χ1v) is 9.53. The largest absolute Gasteiger partial charge is 0.356 e. The lowest BCUT2D eigenvalue weighted by Crippen LogP contribution is -2.39. The van der Waals surface area contributed by atoms with Crippen LogP contribution in [0.25, 0.3) is 0 Å². The van der Waals surface area contributed by atoms with Crippen molar-refractivity contribution in [2.24, 2.45) is 10.9 Å². The number of aliphatic imine (C=N–C) groups is 1. The van der Waals surface area contributed by atoms with Gasteiger partial charge in [0.05, 0.1) is 4.90 Å². The lowest BCUT2D eigenvalue weighted by atomic mass is 10.0. The topological polar surface area (TPSA) is 70.6 Å². The zero-order chi connectivity index (χ0) is 16.6. The lowest BCUT2D eigenvalue weighted by Gasteiger charge is -2.16. The third-order valence-electron chi connectivity index (χ3n) is 3.75. The molecule has 0 aliphatic rings. The normalized spacial score (nSPS) is 12.0. The second-order valence-electron chi connectivity index (χ2n) is 5.41. The highest BCUT2D eigenvalue weighted by Crippen LogP contribution is 2.10. The molecule has 0 unspecified atom stereocenters. The maximum absolute atomic E-state index is 11.4. The van der Waals surface area contributed by atoms with Crippen molar-refractivity contribution in [3.8, 4) is 0 Å². The van der Waals surface area contributed by atoms with Crippen LogP contribution in [-0.2, 0) is 16.4 Å². The van der Waals surface area contributed by atoms with Gasteiger partial charge in [0.1, 0.15) is 0 Å². The van der Waals surface area contributed by atoms with E-state index < -0.39 is 9.84 Å². The molecule has 0 heterocycles. The van der Waals surface area contributed by atoms with Crippen LogP contribution >= 0.6 is 24.0 Å². The van der Waals surface area contributed by atoms with E-state index in [1.165, 1.54) is 6.26 Å².